The highest BCUT2D eigenvalue weighted by molar-refractivity contribution is 7.89. The van der Waals surface area contributed by atoms with Crippen LogP contribution >= 0.6 is 0 Å². The zero-order valence-electron chi connectivity index (χ0n) is 17.8. The standard InChI is InChI=1S/C22H31N3O4S/c1-16-13-19-14-20(8-9-21(19)25(16)17(2)26)30(28,29)24-12-6-7-18(15-24)22(27)23-10-4-3-5-11-23/h8-9,14,16,18H,3-7,10-13,15H2,1-2H3/t16-,18-/m0/s1. The van der Waals surface area contributed by atoms with Crippen molar-refractivity contribution in [1.29, 1.82) is 0 Å². The number of nitrogens with zero attached hydrogens (tertiary/aromatic N) is 3. The predicted octanol–water partition coefficient (Wildman–Crippen LogP) is 2.40. The van der Waals surface area contributed by atoms with Crippen molar-refractivity contribution >= 4 is 27.5 Å². The highest BCUT2D eigenvalue weighted by Gasteiger charge is 2.36. The number of fused-ring (bicyclic) bond motifs is 1. The first kappa shape index (κ1) is 21.3. The van der Waals surface area contributed by atoms with E-state index in [1.807, 2.05) is 11.8 Å². The third-order valence-corrected chi connectivity index (χ3v) is 8.51. The van der Waals surface area contributed by atoms with E-state index in [2.05, 4.69) is 0 Å². The van der Waals surface area contributed by atoms with Gasteiger partial charge in [-0.2, -0.15) is 4.31 Å². The summed E-state index contributed by atoms with van der Waals surface area (Å²) in [5.74, 6) is -0.185. The van der Waals surface area contributed by atoms with Crippen molar-refractivity contribution < 1.29 is 18.0 Å². The number of amides is 2. The van der Waals surface area contributed by atoms with Crippen molar-refractivity contribution in [2.24, 2.45) is 5.92 Å². The fourth-order valence-corrected chi connectivity index (χ4v) is 6.71. The average molecular weight is 434 g/mol. The molecule has 0 aliphatic carbocycles. The van der Waals surface area contributed by atoms with Crippen LogP contribution in [0.3, 0.4) is 0 Å². The Labute approximate surface area is 179 Å². The van der Waals surface area contributed by atoms with E-state index in [9.17, 15) is 18.0 Å². The SMILES string of the molecule is CC(=O)N1c2ccc(S(=O)(=O)N3CCC[C@H](C(=O)N4CCCCC4)C3)cc2C[C@@H]1C. The molecule has 3 aliphatic rings. The largest absolute Gasteiger partial charge is 0.342 e. The number of carbonyl (C=O) groups is 2. The van der Waals surface area contributed by atoms with Crippen LogP contribution in [0.25, 0.3) is 0 Å². The van der Waals surface area contributed by atoms with Gasteiger partial charge in [0.1, 0.15) is 0 Å². The smallest absolute Gasteiger partial charge is 0.243 e. The molecule has 0 unspecified atom stereocenters. The molecule has 8 heteroatoms. The summed E-state index contributed by atoms with van der Waals surface area (Å²) in [5, 5.41) is 0. The van der Waals surface area contributed by atoms with Crippen molar-refractivity contribution in [2.75, 3.05) is 31.1 Å². The molecule has 0 radical (unpaired) electrons. The Kier molecular flexibility index (Phi) is 5.90. The molecule has 3 heterocycles. The van der Waals surface area contributed by atoms with Crippen LogP contribution in [-0.2, 0) is 26.0 Å². The van der Waals surface area contributed by atoms with E-state index in [0.29, 0.717) is 19.4 Å². The molecule has 2 atom stereocenters. The minimum atomic E-state index is -3.68. The van der Waals surface area contributed by atoms with Gasteiger partial charge >= 0.3 is 0 Å². The Morgan fingerprint density at radius 2 is 1.77 bits per heavy atom. The molecular weight excluding hydrogens is 402 g/mol. The molecule has 1 aromatic rings. The first-order valence-corrected chi connectivity index (χ1v) is 12.4. The van der Waals surface area contributed by atoms with Crippen LogP contribution in [0.1, 0.15) is 51.5 Å². The van der Waals surface area contributed by atoms with Crippen LogP contribution in [0.2, 0.25) is 0 Å². The second-order valence-electron chi connectivity index (χ2n) is 8.82. The van der Waals surface area contributed by atoms with Crippen LogP contribution in [0.4, 0.5) is 5.69 Å². The van der Waals surface area contributed by atoms with Crippen molar-refractivity contribution in [3.63, 3.8) is 0 Å². The van der Waals surface area contributed by atoms with Crippen molar-refractivity contribution in [3.05, 3.63) is 23.8 Å². The highest BCUT2D eigenvalue weighted by atomic mass is 32.2. The first-order chi connectivity index (χ1) is 14.3. The molecule has 0 aromatic heterocycles. The summed E-state index contributed by atoms with van der Waals surface area (Å²) < 4.78 is 28.2. The number of sulfonamides is 1. The Bertz CT molecular complexity index is 940. The molecule has 7 nitrogen and oxygen atoms in total. The van der Waals surface area contributed by atoms with Crippen molar-refractivity contribution in [3.8, 4) is 0 Å². The minimum absolute atomic E-state index is 0.0250. The fraction of sp³-hybridized carbons (Fsp3) is 0.636. The summed E-state index contributed by atoms with van der Waals surface area (Å²) in [6, 6.07) is 5.07. The maximum atomic E-state index is 13.3. The summed E-state index contributed by atoms with van der Waals surface area (Å²) in [5.41, 5.74) is 1.68. The third kappa shape index (κ3) is 3.87. The second-order valence-corrected chi connectivity index (χ2v) is 10.8. The van der Waals surface area contributed by atoms with Crippen LogP contribution in [0.15, 0.2) is 23.1 Å². The van der Waals surface area contributed by atoms with Gasteiger partial charge in [-0.25, -0.2) is 8.42 Å². The monoisotopic (exact) mass is 433 g/mol. The van der Waals surface area contributed by atoms with Gasteiger partial charge < -0.3 is 9.80 Å². The molecule has 0 saturated carbocycles. The van der Waals surface area contributed by atoms with Gasteiger partial charge in [0.25, 0.3) is 0 Å². The van der Waals surface area contributed by atoms with Crippen LogP contribution < -0.4 is 4.90 Å². The zero-order chi connectivity index (χ0) is 21.5. The molecule has 1 aromatic carbocycles. The molecule has 3 aliphatic heterocycles. The number of rotatable bonds is 3. The van der Waals surface area contributed by atoms with Gasteiger partial charge in [0, 0.05) is 44.8 Å². The topological polar surface area (TPSA) is 78.0 Å². The molecule has 164 valence electrons. The van der Waals surface area contributed by atoms with Crippen LogP contribution in [-0.4, -0.2) is 61.7 Å². The van der Waals surface area contributed by atoms with E-state index < -0.39 is 10.0 Å². The lowest BCUT2D eigenvalue weighted by atomic mass is 9.97. The molecule has 2 amide bonds. The van der Waals surface area contributed by atoms with Gasteiger partial charge in [0.15, 0.2) is 0 Å². The lowest BCUT2D eigenvalue weighted by Crippen LogP contribution is -2.47. The van der Waals surface area contributed by atoms with Gasteiger partial charge in [-0.1, -0.05) is 0 Å². The highest BCUT2D eigenvalue weighted by Crippen LogP contribution is 2.35. The maximum absolute atomic E-state index is 13.3. The Morgan fingerprint density at radius 3 is 2.47 bits per heavy atom. The number of carbonyl (C=O) groups excluding carboxylic acids is 2. The number of hydrogen-bond donors (Lipinski definition) is 0. The number of hydrogen-bond acceptors (Lipinski definition) is 4. The minimum Gasteiger partial charge on any atom is -0.342 e. The molecule has 2 saturated heterocycles. The molecule has 0 N–H and O–H groups in total. The lowest BCUT2D eigenvalue weighted by molar-refractivity contribution is -0.137. The molecule has 30 heavy (non-hydrogen) atoms. The van der Waals surface area contributed by atoms with Gasteiger partial charge in [0.2, 0.25) is 21.8 Å². The molecule has 0 bridgehead atoms. The zero-order valence-corrected chi connectivity index (χ0v) is 18.7. The van der Waals surface area contributed by atoms with E-state index in [0.717, 1.165) is 50.0 Å². The van der Waals surface area contributed by atoms with Gasteiger partial charge in [-0.15, -0.1) is 0 Å². The number of benzene rings is 1. The van der Waals surface area contributed by atoms with Crippen LogP contribution in [0, 0.1) is 5.92 Å². The normalized spacial score (nSPS) is 25.3. The Hall–Kier alpha value is -1.93. The van der Waals surface area contributed by atoms with E-state index >= 15 is 0 Å². The number of anilines is 1. The quantitative estimate of drug-likeness (QED) is 0.733. The molecule has 0 spiro atoms. The summed E-state index contributed by atoms with van der Waals surface area (Å²) in [4.78, 5) is 28.8. The average Bonchev–Trinajstić information content (AvgIpc) is 3.09. The Morgan fingerprint density at radius 1 is 1.03 bits per heavy atom. The van der Waals surface area contributed by atoms with Crippen molar-refractivity contribution in [1.82, 2.24) is 9.21 Å². The van der Waals surface area contributed by atoms with E-state index in [4.69, 9.17) is 0 Å². The predicted molar refractivity (Wildman–Crippen MR) is 115 cm³/mol. The van der Waals surface area contributed by atoms with Gasteiger partial charge in [-0.05, 0) is 69.2 Å². The Balaban J connectivity index is 1.53. The van der Waals surface area contributed by atoms with Gasteiger partial charge in [0.05, 0.1) is 10.8 Å². The van der Waals surface area contributed by atoms with Crippen LogP contribution in [0.5, 0.6) is 0 Å². The summed E-state index contributed by atoms with van der Waals surface area (Å²) in [6.07, 6.45) is 5.32. The maximum Gasteiger partial charge on any atom is 0.243 e. The second kappa shape index (κ2) is 8.30. The fourth-order valence-electron chi connectivity index (χ4n) is 5.13. The van der Waals surface area contributed by atoms with E-state index in [-0.39, 0.29) is 35.2 Å². The number of likely N-dealkylation sites (tertiary alicyclic amines) is 1. The summed E-state index contributed by atoms with van der Waals surface area (Å²) in [7, 11) is -3.68. The summed E-state index contributed by atoms with van der Waals surface area (Å²) in [6.45, 7) is 5.78. The van der Waals surface area contributed by atoms with Gasteiger partial charge in [-0.3, -0.25) is 9.59 Å². The third-order valence-electron chi connectivity index (χ3n) is 6.64. The molecule has 4 rings (SSSR count). The van der Waals surface area contributed by atoms with E-state index in [1.165, 1.54) is 11.2 Å². The lowest BCUT2D eigenvalue weighted by Gasteiger charge is -2.35. The van der Waals surface area contributed by atoms with Crippen molar-refractivity contribution in [2.45, 2.75) is 63.3 Å². The summed E-state index contributed by atoms with van der Waals surface area (Å²) >= 11 is 0. The number of piperidine rings is 2. The first-order valence-electron chi connectivity index (χ1n) is 11.0. The molecule has 2 fully saturated rings. The van der Waals surface area contributed by atoms with E-state index in [1.54, 1.807) is 23.1 Å². The molecular formula is C22H31N3O4S.